The first-order valence-electron chi connectivity index (χ1n) is 8.78. The number of benzene rings is 1. The molecule has 0 unspecified atom stereocenters. The van der Waals surface area contributed by atoms with Crippen molar-refractivity contribution in [3.05, 3.63) is 51.3 Å². The molecule has 1 amide bonds. The summed E-state index contributed by atoms with van der Waals surface area (Å²) < 4.78 is 6.89. The summed E-state index contributed by atoms with van der Waals surface area (Å²) >= 11 is 6.04. The highest BCUT2D eigenvalue weighted by molar-refractivity contribution is 6.30. The van der Waals surface area contributed by atoms with Gasteiger partial charge in [-0.3, -0.25) is 9.59 Å². The van der Waals surface area contributed by atoms with Gasteiger partial charge in [0.1, 0.15) is 0 Å². The molecule has 0 aliphatic heterocycles. The highest BCUT2D eigenvalue weighted by atomic mass is 35.5. The minimum Gasteiger partial charge on any atom is -0.464 e. The molecule has 1 aliphatic carbocycles. The maximum absolute atomic E-state index is 12.3. The largest absolute Gasteiger partial charge is 0.464 e. The molecule has 0 spiro atoms. The molecule has 7 heteroatoms. The van der Waals surface area contributed by atoms with Crippen molar-refractivity contribution in [3.63, 3.8) is 0 Å². The van der Waals surface area contributed by atoms with Crippen LogP contribution >= 0.6 is 11.6 Å². The first kappa shape index (κ1) is 18.5. The molecule has 0 saturated heterocycles. The lowest BCUT2D eigenvalue weighted by molar-refractivity contribution is -0.128. The molecule has 1 N–H and O–H groups in total. The Morgan fingerprint density at radius 3 is 2.77 bits per heavy atom. The molecule has 6 nitrogen and oxygen atoms in total. The fourth-order valence-corrected chi connectivity index (χ4v) is 3.23. The lowest BCUT2D eigenvalue weighted by atomic mass is 10.2. The SMILES string of the molecule is Cc1ccc(Cl)cc1-n1nc(O[C@@H](C)C(=O)NC2CCCC2)ccc1=O. The summed E-state index contributed by atoms with van der Waals surface area (Å²) in [6.07, 6.45) is 3.61. The van der Waals surface area contributed by atoms with Gasteiger partial charge in [0.25, 0.3) is 11.5 Å². The molecule has 26 heavy (non-hydrogen) atoms. The molecule has 138 valence electrons. The van der Waals surface area contributed by atoms with Crippen LogP contribution in [0.1, 0.15) is 38.2 Å². The third-order valence-electron chi connectivity index (χ3n) is 4.54. The number of halogens is 1. The van der Waals surface area contributed by atoms with E-state index in [1.54, 1.807) is 19.1 Å². The van der Waals surface area contributed by atoms with Gasteiger partial charge in [-0.2, -0.15) is 4.68 Å². The van der Waals surface area contributed by atoms with Crippen LogP contribution in [0.5, 0.6) is 5.88 Å². The second-order valence-electron chi connectivity index (χ2n) is 6.60. The highest BCUT2D eigenvalue weighted by Crippen LogP contribution is 2.19. The van der Waals surface area contributed by atoms with E-state index >= 15 is 0 Å². The number of nitrogens with zero attached hydrogens (tertiary/aromatic N) is 2. The molecular weight excluding hydrogens is 354 g/mol. The van der Waals surface area contributed by atoms with E-state index in [-0.39, 0.29) is 23.4 Å². The van der Waals surface area contributed by atoms with Crippen LogP contribution in [0.3, 0.4) is 0 Å². The highest BCUT2D eigenvalue weighted by Gasteiger charge is 2.22. The number of hydrogen-bond donors (Lipinski definition) is 1. The van der Waals surface area contributed by atoms with Crippen molar-refractivity contribution in [1.29, 1.82) is 0 Å². The molecule has 1 atom stereocenters. The monoisotopic (exact) mass is 375 g/mol. The standard InChI is InChI=1S/C19H22ClN3O3/c1-12-7-8-14(20)11-16(12)23-18(24)10-9-17(22-23)26-13(2)19(25)21-15-5-3-4-6-15/h7-11,13,15H,3-6H2,1-2H3,(H,21,25)/t13-/m0/s1. The third-order valence-corrected chi connectivity index (χ3v) is 4.78. The summed E-state index contributed by atoms with van der Waals surface area (Å²) in [4.78, 5) is 24.5. The lowest BCUT2D eigenvalue weighted by Crippen LogP contribution is -2.41. The van der Waals surface area contributed by atoms with Gasteiger partial charge in [0.05, 0.1) is 5.69 Å². The van der Waals surface area contributed by atoms with Crippen molar-refractivity contribution < 1.29 is 9.53 Å². The minimum atomic E-state index is -0.700. The van der Waals surface area contributed by atoms with E-state index in [1.807, 2.05) is 13.0 Å². The van der Waals surface area contributed by atoms with Crippen LogP contribution in [-0.2, 0) is 4.79 Å². The zero-order valence-corrected chi connectivity index (χ0v) is 15.6. The van der Waals surface area contributed by atoms with Crippen molar-refractivity contribution in [2.45, 2.75) is 51.7 Å². The molecule has 1 heterocycles. The number of nitrogens with one attached hydrogen (secondary N) is 1. The predicted molar refractivity (Wildman–Crippen MR) is 100 cm³/mol. The topological polar surface area (TPSA) is 73.2 Å². The Bertz CT molecular complexity index is 859. The Hall–Kier alpha value is -2.34. The minimum absolute atomic E-state index is 0.171. The maximum Gasteiger partial charge on any atom is 0.271 e. The summed E-state index contributed by atoms with van der Waals surface area (Å²) in [5, 5.41) is 7.75. The zero-order valence-electron chi connectivity index (χ0n) is 14.9. The van der Waals surface area contributed by atoms with Crippen LogP contribution in [0, 0.1) is 6.92 Å². The van der Waals surface area contributed by atoms with Gasteiger partial charge >= 0.3 is 0 Å². The number of hydrogen-bond acceptors (Lipinski definition) is 4. The maximum atomic E-state index is 12.3. The first-order chi connectivity index (χ1) is 12.4. The zero-order chi connectivity index (χ0) is 18.7. The number of rotatable bonds is 5. The van der Waals surface area contributed by atoms with E-state index in [0.29, 0.717) is 10.7 Å². The van der Waals surface area contributed by atoms with Crippen LogP contribution in [0.4, 0.5) is 0 Å². The lowest BCUT2D eigenvalue weighted by Gasteiger charge is -2.18. The number of aryl methyl sites for hydroxylation is 1. The first-order valence-corrected chi connectivity index (χ1v) is 9.16. The molecular formula is C19H22ClN3O3. The number of carbonyl (C=O) groups is 1. The second kappa shape index (κ2) is 7.91. The summed E-state index contributed by atoms with van der Waals surface area (Å²) in [6, 6.07) is 8.30. The van der Waals surface area contributed by atoms with Gasteiger partial charge in [0, 0.05) is 23.2 Å². The van der Waals surface area contributed by atoms with Crippen molar-refractivity contribution in [1.82, 2.24) is 15.1 Å². The molecule has 2 aromatic rings. The molecule has 1 aromatic heterocycles. The summed E-state index contributed by atoms with van der Waals surface area (Å²) in [7, 11) is 0. The molecule has 0 radical (unpaired) electrons. The van der Waals surface area contributed by atoms with Gasteiger partial charge < -0.3 is 10.1 Å². The average molecular weight is 376 g/mol. The van der Waals surface area contributed by atoms with Crippen molar-refractivity contribution >= 4 is 17.5 Å². The molecule has 0 bridgehead atoms. The Kier molecular flexibility index (Phi) is 5.61. The van der Waals surface area contributed by atoms with Crippen LogP contribution in [0.15, 0.2) is 35.1 Å². The molecule has 3 rings (SSSR count). The van der Waals surface area contributed by atoms with Crippen LogP contribution < -0.4 is 15.6 Å². The van der Waals surface area contributed by atoms with Gasteiger partial charge in [0.2, 0.25) is 5.88 Å². The van der Waals surface area contributed by atoms with E-state index in [9.17, 15) is 9.59 Å². The van der Waals surface area contributed by atoms with Crippen molar-refractivity contribution in [2.75, 3.05) is 0 Å². The molecule has 1 saturated carbocycles. The van der Waals surface area contributed by atoms with E-state index in [1.165, 1.54) is 16.8 Å². The van der Waals surface area contributed by atoms with Gasteiger partial charge in [-0.1, -0.05) is 30.5 Å². The van der Waals surface area contributed by atoms with Gasteiger partial charge in [0.15, 0.2) is 6.10 Å². The molecule has 1 fully saturated rings. The van der Waals surface area contributed by atoms with Gasteiger partial charge in [-0.15, -0.1) is 5.10 Å². The third kappa shape index (κ3) is 4.25. The normalized spacial score (nSPS) is 15.7. The fraction of sp³-hybridized carbons (Fsp3) is 0.421. The molecule has 1 aliphatic rings. The number of amides is 1. The Labute approximate surface area is 157 Å². The fourth-order valence-electron chi connectivity index (χ4n) is 3.06. The Morgan fingerprint density at radius 2 is 2.04 bits per heavy atom. The molecule has 1 aromatic carbocycles. The van der Waals surface area contributed by atoms with E-state index in [4.69, 9.17) is 16.3 Å². The summed E-state index contributed by atoms with van der Waals surface area (Å²) in [5.74, 6) is 0.0356. The summed E-state index contributed by atoms with van der Waals surface area (Å²) in [5.41, 5.74) is 1.13. The van der Waals surface area contributed by atoms with Crippen LogP contribution in [-0.4, -0.2) is 27.8 Å². The van der Waals surface area contributed by atoms with Gasteiger partial charge in [-0.25, -0.2) is 0 Å². The second-order valence-corrected chi connectivity index (χ2v) is 7.04. The number of carbonyl (C=O) groups excluding carboxylic acids is 1. The van der Waals surface area contributed by atoms with Crippen LogP contribution in [0.25, 0.3) is 5.69 Å². The average Bonchev–Trinajstić information content (AvgIpc) is 3.12. The van der Waals surface area contributed by atoms with E-state index in [0.717, 1.165) is 31.2 Å². The van der Waals surface area contributed by atoms with E-state index < -0.39 is 6.10 Å². The Morgan fingerprint density at radius 1 is 1.31 bits per heavy atom. The predicted octanol–water partition coefficient (Wildman–Crippen LogP) is 3.02. The number of ether oxygens (including phenoxy) is 1. The van der Waals surface area contributed by atoms with Gasteiger partial charge in [-0.05, 0) is 44.4 Å². The summed E-state index contributed by atoms with van der Waals surface area (Å²) in [6.45, 7) is 3.54. The smallest absolute Gasteiger partial charge is 0.271 e. The van der Waals surface area contributed by atoms with E-state index in [2.05, 4.69) is 10.4 Å². The van der Waals surface area contributed by atoms with Crippen LogP contribution in [0.2, 0.25) is 5.02 Å². The Balaban J connectivity index is 1.77. The quantitative estimate of drug-likeness (QED) is 0.871. The van der Waals surface area contributed by atoms with Crippen molar-refractivity contribution in [2.24, 2.45) is 0 Å². The van der Waals surface area contributed by atoms with Crippen molar-refractivity contribution in [3.8, 4) is 11.6 Å². The number of aromatic nitrogens is 2.